The van der Waals surface area contributed by atoms with Gasteiger partial charge in [0.25, 0.3) is 0 Å². The van der Waals surface area contributed by atoms with E-state index in [9.17, 15) is 19.1 Å². The third-order valence-corrected chi connectivity index (χ3v) is 4.36. The Bertz CT molecular complexity index is 775. The van der Waals surface area contributed by atoms with Gasteiger partial charge >= 0.3 is 5.97 Å². The second kappa shape index (κ2) is 9.92. The lowest BCUT2D eigenvalue weighted by atomic mass is 9.99. The van der Waals surface area contributed by atoms with Gasteiger partial charge in [-0.1, -0.05) is 29.8 Å². The highest BCUT2D eigenvalue weighted by Crippen LogP contribution is 2.19. The van der Waals surface area contributed by atoms with Gasteiger partial charge in [0.15, 0.2) is 0 Å². The lowest BCUT2D eigenvalue weighted by molar-refractivity contribution is -0.141. The van der Waals surface area contributed by atoms with Gasteiger partial charge in [-0.3, -0.25) is 9.59 Å². The summed E-state index contributed by atoms with van der Waals surface area (Å²) in [6.07, 6.45) is 0.00335. The zero-order chi connectivity index (χ0) is 19.8. The van der Waals surface area contributed by atoms with E-state index in [0.29, 0.717) is 12.4 Å². The Morgan fingerprint density at radius 3 is 2.52 bits per heavy atom. The van der Waals surface area contributed by atoms with E-state index >= 15 is 0 Å². The first-order chi connectivity index (χ1) is 12.9. The van der Waals surface area contributed by atoms with Crippen molar-refractivity contribution in [2.75, 3.05) is 13.2 Å². The summed E-state index contributed by atoms with van der Waals surface area (Å²) in [5, 5.41) is 12.1. The van der Waals surface area contributed by atoms with Gasteiger partial charge in [0.1, 0.15) is 11.6 Å². The summed E-state index contributed by atoms with van der Waals surface area (Å²) in [6, 6.07) is 11.3. The topological polar surface area (TPSA) is 75.6 Å². The van der Waals surface area contributed by atoms with Crippen molar-refractivity contribution in [3.05, 3.63) is 64.4 Å². The molecule has 27 heavy (non-hydrogen) atoms. The number of nitrogens with one attached hydrogen (secondary N) is 1. The number of amides is 1. The van der Waals surface area contributed by atoms with Crippen molar-refractivity contribution in [2.24, 2.45) is 5.92 Å². The molecule has 2 aromatic carbocycles. The number of carbonyl (C=O) groups excluding carboxylic acids is 1. The van der Waals surface area contributed by atoms with E-state index in [1.807, 2.05) is 6.92 Å². The Balaban J connectivity index is 1.94. The normalized spacial score (nSPS) is 11.7. The number of carboxylic acid groups (broad SMARTS) is 1. The summed E-state index contributed by atoms with van der Waals surface area (Å²) in [7, 11) is 0. The fourth-order valence-corrected chi connectivity index (χ4v) is 2.81. The summed E-state index contributed by atoms with van der Waals surface area (Å²) in [5.41, 5.74) is 0.910. The Labute approximate surface area is 162 Å². The zero-order valence-electron chi connectivity index (χ0n) is 14.9. The largest absolute Gasteiger partial charge is 0.494 e. The van der Waals surface area contributed by atoms with Crippen molar-refractivity contribution in [3.8, 4) is 5.75 Å². The van der Waals surface area contributed by atoms with E-state index in [2.05, 4.69) is 5.32 Å². The highest BCUT2D eigenvalue weighted by molar-refractivity contribution is 6.31. The Morgan fingerprint density at radius 1 is 1.22 bits per heavy atom. The zero-order valence-corrected chi connectivity index (χ0v) is 15.6. The molecule has 7 heteroatoms. The van der Waals surface area contributed by atoms with Crippen LogP contribution in [0.15, 0.2) is 42.5 Å². The number of benzene rings is 2. The molecule has 0 aromatic heterocycles. The second-order valence-electron chi connectivity index (χ2n) is 6.00. The first-order valence-electron chi connectivity index (χ1n) is 8.54. The standard InChI is InChI=1S/C20H21ClFNO4/c1-2-27-15-8-6-13(7-9-15)10-14(20(25)26)12-23-19(24)11-16-17(21)4-3-5-18(16)22/h3-9,14H,2,10-12H2,1H3,(H,23,24)(H,25,26). The van der Waals surface area contributed by atoms with Gasteiger partial charge in [-0.2, -0.15) is 0 Å². The van der Waals surface area contributed by atoms with Crippen LogP contribution >= 0.6 is 11.6 Å². The summed E-state index contributed by atoms with van der Waals surface area (Å²) >= 11 is 5.90. The Hall–Kier alpha value is -2.60. The van der Waals surface area contributed by atoms with Gasteiger partial charge < -0.3 is 15.2 Å². The predicted octanol–water partition coefficient (Wildman–Crippen LogP) is 3.48. The molecule has 0 aliphatic rings. The molecule has 0 heterocycles. The first kappa shape index (κ1) is 20.7. The SMILES string of the molecule is CCOc1ccc(CC(CNC(=O)Cc2c(F)cccc2Cl)C(=O)O)cc1. The molecule has 2 N–H and O–H groups in total. The molecule has 0 aliphatic heterocycles. The lowest BCUT2D eigenvalue weighted by Gasteiger charge is -2.14. The molecular formula is C20H21ClFNO4. The van der Waals surface area contributed by atoms with Crippen LogP contribution in [0.4, 0.5) is 4.39 Å². The molecule has 144 valence electrons. The number of aliphatic carboxylic acids is 1. The van der Waals surface area contributed by atoms with Gasteiger partial charge in [0, 0.05) is 17.1 Å². The lowest BCUT2D eigenvalue weighted by Crippen LogP contribution is -2.35. The van der Waals surface area contributed by atoms with Crippen molar-refractivity contribution in [1.82, 2.24) is 5.32 Å². The van der Waals surface area contributed by atoms with Crippen LogP contribution in [0.1, 0.15) is 18.1 Å². The summed E-state index contributed by atoms with van der Waals surface area (Å²) < 4.78 is 19.1. The maximum absolute atomic E-state index is 13.7. The van der Waals surface area contributed by atoms with Crippen molar-refractivity contribution >= 4 is 23.5 Å². The van der Waals surface area contributed by atoms with Crippen molar-refractivity contribution in [3.63, 3.8) is 0 Å². The smallest absolute Gasteiger partial charge is 0.308 e. The van der Waals surface area contributed by atoms with Crippen molar-refractivity contribution in [2.45, 2.75) is 19.8 Å². The van der Waals surface area contributed by atoms with Gasteiger partial charge in [0.05, 0.1) is 18.9 Å². The predicted molar refractivity (Wildman–Crippen MR) is 101 cm³/mol. The second-order valence-corrected chi connectivity index (χ2v) is 6.40. The minimum atomic E-state index is -1.02. The third-order valence-electron chi connectivity index (χ3n) is 4.01. The van der Waals surface area contributed by atoms with Crippen LogP contribution in [0.5, 0.6) is 5.75 Å². The monoisotopic (exact) mass is 393 g/mol. The number of halogens is 2. The number of rotatable bonds is 9. The highest BCUT2D eigenvalue weighted by atomic mass is 35.5. The Kier molecular flexibility index (Phi) is 7.61. The molecule has 0 bridgehead atoms. The van der Waals surface area contributed by atoms with Gasteiger partial charge in [-0.05, 0) is 43.2 Å². The van der Waals surface area contributed by atoms with Crippen LogP contribution in [0.25, 0.3) is 0 Å². The molecule has 1 unspecified atom stereocenters. The summed E-state index contributed by atoms with van der Waals surface area (Å²) in [5.74, 6) is -2.17. The molecule has 0 saturated carbocycles. The number of carbonyl (C=O) groups is 2. The average Bonchev–Trinajstić information content (AvgIpc) is 2.63. The Morgan fingerprint density at radius 2 is 1.93 bits per heavy atom. The number of hydrogen-bond donors (Lipinski definition) is 2. The van der Waals surface area contributed by atoms with Crippen LogP contribution < -0.4 is 10.1 Å². The first-order valence-corrected chi connectivity index (χ1v) is 8.92. The molecule has 2 rings (SSSR count). The summed E-state index contributed by atoms with van der Waals surface area (Å²) in [6.45, 7) is 2.37. The van der Waals surface area contributed by atoms with E-state index in [4.69, 9.17) is 16.3 Å². The number of carboxylic acids is 1. The van der Waals surface area contributed by atoms with Crippen LogP contribution in [0.2, 0.25) is 5.02 Å². The molecule has 5 nitrogen and oxygen atoms in total. The quantitative estimate of drug-likeness (QED) is 0.684. The molecule has 0 spiro atoms. The van der Waals surface area contributed by atoms with Crippen molar-refractivity contribution < 1.29 is 23.8 Å². The van der Waals surface area contributed by atoms with Gasteiger partial charge in [-0.15, -0.1) is 0 Å². The van der Waals surface area contributed by atoms with Crippen molar-refractivity contribution in [1.29, 1.82) is 0 Å². The molecule has 1 amide bonds. The minimum absolute atomic E-state index is 0.0621. The van der Waals surface area contributed by atoms with E-state index in [-0.39, 0.29) is 30.0 Å². The number of ether oxygens (including phenoxy) is 1. The molecule has 2 aromatic rings. The highest BCUT2D eigenvalue weighted by Gasteiger charge is 2.20. The van der Waals surface area contributed by atoms with Gasteiger partial charge in [-0.25, -0.2) is 4.39 Å². The van der Waals surface area contributed by atoms with Gasteiger partial charge in [0.2, 0.25) is 5.91 Å². The molecule has 1 atom stereocenters. The molecule has 0 radical (unpaired) electrons. The van der Waals surface area contributed by atoms with Crippen LogP contribution in [0.3, 0.4) is 0 Å². The molecule has 0 fully saturated rings. The maximum atomic E-state index is 13.7. The fraction of sp³-hybridized carbons (Fsp3) is 0.300. The van der Waals surface area contributed by atoms with E-state index in [1.54, 1.807) is 24.3 Å². The third kappa shape index (κ3) is 6.25. The average molecular weight is 394 g/mol. The van der Waals surface area contributed by atoms with Crippen LogP contribution in [-0.2, 0) is 22.4 Å². The molecule has 0 aliphatic carbocycles. The maximum Gasteiger partial charge on any atom is 0.308 e. The van der Waals surface area contributed by atoms with E-state index in [0.717, 1.165) is 5.56 Å². The minimum Gasteiger partial charge on any atom is -0.494 e. The molecular weight excluding hydrogens is 373 g/mol. The van der Waals surface area contributed by atoms with E-state index in [1.165, 1.54) is 18.2 Å². The van der Waals surface area contributed by atoms with E-state index < -0.39 is 23.6 Å². The molecule has 0 saturated heterocycles. The number of hydrogen-bond acceptors (Lipinski definition) is 3. The summed E-state index contributed by atoms with van der Waals surface area (Å²) in [4.78, 5) is 23.6. The van der Waals surface area contributed by atoms with Crippen LogP contribution in [0, 0.1) is 11.7 Å². The fourth-order valence-electron chi connectivity index (χ4n) is 2.58. The van der Waals surface area contributed by atoms with Crippen LogP contribution in [-0.4, -0.2) is 30.1 Å².